The Morgan fingerprint density at radius 1 is 1.26 bits per heavy atom. The highest BCUT2D eigenvalue weighted by Crippen LogP contribution is 2.34. The third-order valence-corrected chi connectivity index (χ3v) is 3.44. The van der Waals surface area contributed by atoms with Crippen LogP contribution in [0.15, 0.2) is 12.1 Å². The quantitative estimate of drug-likeness (QED) is 0.788. The Labute approximate surface area is 114 Å². The molecule has 1 aliphatic rings. The number of carbonyl (C=O) groups excluding carboxylic acids is 1. The van der Waals surface area contributed by atoms with Gasteiger partial charge in [0.05, 0.1) is 0 Å². The number of hydrogen-bond donors (Lipinski definition) is 0. The van der Waals surface area contributed by atoms with Crippen LogP contribution < -0.4 is 9.47 Å². The summed E-state index contributed by atoms with van der Waals surface area (Å²) < 4.78 is 10.8. The van der Waals surface area contributed by atoms with E-state index in [0.29, 0.717) is 13.2 Å². The fourth-order valence-corrected chi connectivity index (χ4v) is 2.13. The number of nitrogens with zero attached hydrogens (tertiary/aromatic N) is 1. The minimum absolute atomic E-state index is 0.242. The average Bonchev–Trinajstić information content (AvgIpc) is 2.80. The molecule has 0 amide bonds. The van der Waals surface area contributed by atoms with Gasteiger partial charge in [-0.15, -0.1) is 0 Å². The van der Waals surface area contributed by atoms with Gasteiger partial charge in [-0.3, -0.25) is 4.79 Å². The minimum Gasteiger partial charge on any atom is -0.454 e. The number of ketones is 1. The predicted molar refractivity (Wildman–Crippen MR) is 73.8 cm³/mol. The molecule has 2 rings (SSSR count). The fourth-order valence-electron chi connectivity index (χ4n) is 2.13. The number of fused-ring (bicyclic) bond motifs is 1. The number of carbonyl (C=O) groups is 1. The third kappa shape index (κ3) is 3.70. The molecule has 0 bridgehead atoms. The van der Waals surface area contributed by atoms with E-state index in [1.807, 2.05) is 13.1 Å². The van der Waals surface area contributed by atoms with Crippen molar-refractivity contribution in [2.24, 2.45) is 0 Å². The van der Waals surface area contributed by atoms with E-state index >= 15 is 0 Å². The SMILES string of the molecule is CC(=O)CCN(C)CCc1cc2c(cc1C)OCO2. The van der Waals surface area contributed by atoms with E-state index < -0.39 is 0 Å². The van der Waals surface area contributed by atoms with E-state index in [4.69, 9.17) is 9.47 Å². The zero-order valence-corrected chi connectivity index (χ0v) is 11.9. The molecule has 1 aliphatic heterocycles. The van der Waals surface area contributed by atoms with Gasteiger partial charge in [0.1, 0.15) is 5.78 Å². The molecule has 0 spiro atoms. The largest absolute Gasteiger partial charge is 0.454 e. The van der Waals surface area contributed by atoms with Crippen molar-refractivity contribution in [3.05, 3.63) is 23.3 Å². The predicted octanol–water partition coefficient (Wildman–Crippen LogP) is 2.18. The highest BCUT2D eigenvalue weighted by molar-refractivity contribution is 5.75. The number of Topliss-reactive ketones (excluding diaryl/α,β-unsaturated/α-hetero) is 1. The van der Waals surface area contributed by atoms with Gasteiger partial charge in [-0.2, -0.15) is 0 Å². The molecule has 1 aromatic rings. The van der Waals surface area contributed by atoms with Gasteiger partial charge in [0.15, 0.2) is 11.5 Å². The van der Waals surface area contributed by atoms with Crippen molar-refractivity contribution in [3.8, 4) is 11.5 Å². The molecule has 104 valence electrons. The molecule has 0 aliphatic carbocycles. The van der Waals surface area contributed by atoms with E-state index in [1.165, 1.54) is 11.1 Å². The number of likely N-dealkylation sites (N-methyl/N-ethyl adjacent to an activating group) is 1. The van der Waals surface area contributed by atoms with E-state index in [1.54, 1.807) is 6.92 Å². The fraction of sp³-hybridized carbons (Fsp3) is 0.533. The summed E-state index contributed by atoms with van der Waals surface area (Å²) in [7, 11) is 2.05. The van der Waals surface area contributed by atoms with E-state index in [2.05, 4.69) is 17.9 Å². The van der Waals surface area contributed by atoms with E-state index in [9.17, 15) is 4.79 Å². The van der Waals surface area contributed by atoms with Crippen LogP contribution in [-0.2, 0) is 11.2 Å². The number of hydrogen-bond acceptors (Lipinski definition) is 4. The van der Waals surface area contributed by atoms with Gasteiger partial charge in [0.25, 0.3) is 0 Å². The van der Waals surface area contributed by atoms with Crippen molar-refractivity contribution in [2.45, 2.75) is 26.7 Å². The van der Waals surface area contributed by atoms with Crippen LogP contribution in [-0.4, -0.2) is 37.6 Å². The molecule has 1 aromatic carbocycles. The normalized spacial score (nSPS) is 13.1. The zero-order chi connectivity index (χ0) is 13.8. The van der Waals surface area contributed by atoms with Crippen molar-refractivity contribution >= 4 is 5.78 Å². The lowest BCUT2D eigenvalue weighted by Gasteiger charge is -2.16. The molecule has 0 unspecified atom stereocenters. The van der Waals surface area contributed by atoms with Crippen molar-refractivity contribution in [1.29, 1.82) is 0 Å². The summed E-state index contributed by atoms with van der Waals surface area (Å²) in [5.74, 6) is 1.92. The molecule has 0 saturated heterocycles. The van der Waals surface area contributed by atoms with Crippen molar-refractivity contribution in [1.82, 2.24) is 4.90 Å². The Morgan fingerprint density at radius 2 is 1.95 bits per heavy atom. The van der Waals surface area contributed by atoms with Crippen LogP contribution in [0.25, 0.3) is 0 Å². The first-order valence-electron chi connectivity index (χ1n) is 6.63. The smallest absolute Gasteiger partial charge is 0.231 e. The lowest BCUT2D eigenvalue weighted by atomic mass is 10.0. The van der Waals surface area contributed by atoms with Gasteiger partial charge in [-0.05, 0) is 50.6 Å². The molecule has 19 heavy (non-hydrogen) atoms. The highest BCUT2D eigenvalue weighted by Gasteiger charge is 2.15. The summed E-state index contributed by atoms with van der Waals surface area (Å²) in [6.07, 6.45) is 1.58. The first-order chi connectivity index (χ1) is 9.06. The molecular formula is C15H21NO3. The number of benzene rings is 1. The van der Waals surface area contributed by atoms with Gasteiger partial charge in [0, 0.05) is 19.5 Å². The number of ether oxygens (including phenoxy) is 2. The lowest BCUT2D eigenvalue weighted by Crippen LogP contribution is -2.24. The molecule has 0 atom stereocenters. The Kier molecular flexibility index (Phi) is 4.43. The molecule has 0 fully saturated rings. The van der Waals surface area contributed by atoms with Crippen LogP contribution in [0.5, 0.6) is 11.5 Å². The van der Waals surface area contributed by atoms with E-state index in [0.717, 1.165) is 31.0 Å². The Balaban J connectivity index is 1.91. The summed E-state index contributed by atoms with van der Waals surface area (Å²) in [6.45, 7) is 5.80. The van der Waals surface area contributed by atoms with Crippen LogP contribution in [0, 0.1) is 6.92 Å². The maximum absolute atomic E-state index is 10.9. The molecule has 1 heterocycles. The standard InChI is InChI=1S/C15H21NO3/c1-11-8-14-15(19-10-18-14)9-13(11)5-7-16(3)6-4-12(2)17/h8-9H,4-7,10H2,1-3H3. The summed E-state index contributed by atoms with van der Waals surface area (Å²) >= 11 is 0. The topological polar surface area (TPSA) is 38.8 Å². The van der Waals surface area contributed by atoms with E-state index in [-0.39, 0.29) is 5.78 Å². The Morgan fingerprint density at radius 3 is 2.63 bits per heavy atom. The lowest BCUT2D eigenvalue weighted by molar-refractivity contribution is -0.117. The summed E-state index contributed by atoms with van der Waals surface area (Å²) in [5, 5.41) is 0. The van der Waals surface area contributed by atoms with Crippen LogP contribution in [0.1, 0.15) is 24.5 Å². The average molecular weight is 263 g/mol. The zero-order valence-electron chi connectivity index (χ0n) is 11.9. The Bertz CT molecular complexity index is 471. The van der Waals surface area contributed by atoms with Gasteiger partial charge in [0.2, 0.25) is 6.79 Å². The van der Waals surface area contributed by atoms with Crippen LogP contribution in [0.2, 0.25) is 0 Å². The number of rotatable bonds is 6. The number of aryl methyl sites for hydroxylation is 1. The minimum atomic E-state index is 0.242. The maximum atomic E-state index is 10.9. The van der Waals surface area contributed by atoms with Gasteiger partial charge < -0.3 is 14.4 Å². The van der Waals surface area contributed by atoms with Crippen molar-refractivity contribution in [3.63, 3.8) is 0 Å². The summed E-state index contributed by atoms with van der Waals surface area (Å²) in [5.41, 5.74) is 2.50. The van der Waals surface area contributed by atoms with Crippen LogP contribution in [0.3, 0.4) is 0 Å². The third-order valence-electron chi connectivity index (χ3n) is 3.44. The first kappa shape index (κ1) is 13.9. The second-order valence-corrected chi connectivity index (χ2v) is 5.14. The molecule has 0 aromatic heterocycles. The van der Waals surface area contributed by atoms with Gasteiger partial charge >= 0.3 is 0 Å². The highest BCUT2D eigenvalue weighted by atomic mass is 16.7. The molecule has 4 nitrogen and oxygen atoms in total. The molecule has 0 saturated carbocycles. The monoisotopic (exact) mass is 263 g/mol. The van der Waals surface area contributed by atoms with Gasteiger partial charge in [-0.25, -0.2) is 0 Å². The van der Waals surface area contributed by atoms with Gasteiger partial charge in [-0.1, -0.05) is 0 Å². The molecule has 0 N–H and O–H groups in total. The maximum Gasteiger partial charge on any atom is 0.231 e. The summed E-state index contributed by atoms with van der Waals surface area (Å²) in [6, 6.07) is 4.10. The summed E-state index contributed by atoms with van der Waals surface area (Å²) in [4.78, 5) is 13.1. The molecular weight excluding hydrogens is 242 g/mol. The van der Waals surface area contributed by atoms with Crippen LogP contribution >= 0.6 is 0 Å². The second kappa shape index (κ2) is 6.06. The van der Waals surface area contributed by atoms with Crippen molar-refractivity contribution < 1.29 is 14.3 Å². The second-order valence-electron chi connectivity index (χ2n) is 5.14. The van der Waals surface area contributed by atoms with Crippen LogP contribution in [0.4, 0.5) is 0 Å². The van der Waals surface area contributed by atoms with Crippen molar-refractivity contribution in [2.75, 3.05) is 26.9 Å². The Hall–Kier alpha value is -1.55. The first-order valence-corrected chi connectivity index (χ1v) is 6.63. The molecule has 4 heteroatoms. The molecule has 0 radical (unpaired) electrons.